The number of phenolic OH excluding ortho intramolecular Hbond substituents is 1. The van der Waals surface area contributed by atoms with Crippen molar-refractivity contribution < 1.29 is 19.7 Å². The first kappa shape index (κ1) is 10.4. The molecule has 0 aliphatic rings. The zero-order valence-electron chi connectivity index (χ0n) is 8.07. The van der Waals surface area contributed by atoms with Gasteiger partial charge in [0.15, 0.2) is 11.5 Å². The number of aliphatic carboxylic acids is 1. The summed E-state index contributed by atoms with van der Waals surface area (Å²) in [7, 11) is 1.44. The third-order valence-electron chi connectivity index (χ3n) is 2.04. The van der Waals surface area contributed by atoms with E-state index in [9.17, 15) is 9.90 Å². The lowest BCUT2D eigenvalue weighted by Gasteiger charge is -2.10. The predicted molar refractivity (Wildman–Crippen MR) is 50.7 cm³/mol. The maximum absolute atomic E-state index is 10.5. The third kappa shape index (κ3) is 1.96. The molecule has 0 atom stereocenters. The highest BCUT2D eigenvalue weighted by Gasteiger charge is 2.11. The van der Waals surface area contributed by atoms with Gasteiger partial charge < -0.3 is 14.9 Å². The number of methoxy groups -OCH3 is 1. The molecule has 0 aromatic heterocycles. The topological polar surface area (TPSA) is 66.8 Å². The van der Waals surface area contributed by atoms with E-state index in [1.54, 1.807) is 13.0 Å². The fourth-order valence-corrected chi connectivity index (χ4v) is 1.33. The van der Waals surface area contributed by atoms with Gasteiger partial charge in [-0.25, -0.2) is 0 Å². The molecule has 4 heteroatoms. The largest absolute Gasteiger partial charge is 0.504 e. The number of rotatable bonds is 3. The van der Waals surface area contributed by atoms with Crippen LogP contribution in [0.3, 0.4) is 0 Å². The van der Waals surface area contributed by atoms with Gasteiger partial charge in [0.2, 0.25) is 0 Å². The van der Waals surface area contributed by atoms with E-state index in [-0.39, 0.29) is 12.2 Å². The fraction of sp³-hybridized carbons (Fsp3) is 0.300. The lowest BCUT2D eigenvalue weighted by atomic mass is 10.0. The van der Waals surface area contributed by atoms with Crippen molar-refractivity contribution >= 4 is 5.97 Å². The van der Waals surface area contributed by atoms with Crippen LogP contribution in [-0.4, -0.2) is 23.3 Å². The van der Waals surface area contributed by atoms with Crippen molar-refractivity contribution in [2.24, 2.45) is 0 Å². The number of aromatic hydroxyl groups is 1. The summed E-state index contributed by atoms with van der Waals surface area (Å²) in [5, 5.41) is 18.0. The minimum atomic E-state index is -0.902. The lowest BCUT2D eigenvalue weighted by Crippen LogP contribution is -2.03. The van der Waals surface area contributed by atoms with Gasteiger partial charge in [-0.2, -0.15) is 0 Å². The van der Waals surface area contributed by atoms with Crippen molar-refractivity contribution in [1.82, 2.24) is 0 Å². The summed E-state index contributed by atoms with van der Waals surface area (Å²) in [4.78, 5) is 10.5. The van der Waals surface area contributed by atoms with Gasteiger partial charge in [0.1, 0.15) is 0 Å². The van der Waals surface area contributed by atoms with E-state index in [2.05, 4.69) is 0 Å². The first-order valence-electron chi connectivity index (χ1n) is 4.13. The maximum atomic E-state index is 10.5. The molecular weight excluding hydrogens is 184 g/mol. The summed E-state index contributed by atoms with van der Waals surface area (Å²) in [6.45, 7) is 1.72. The Kier molecular flexibility index (Phi) is 2.96. The van der Waals surface area contributed by atoms with Gasteiger partial charge in [-0.3, -0.25) is 4.79 Å². The van der Waals surface area contributed by atoms with Crippen LogP contribution in [0.5, 0.6) is 11.5 Å². The normalized spacial score (nSPS) is 9.86. The van der Waals surface area contributed by atoms with Crippen molar-refractivity contribution in [3.05, 3.63) is 23.3 Å². The number of phenols is 1. The van der Waals surface area contributed by atoms with Gasteiger partial charge in [-0.1, -0.05) is 6.07 Å². The molecule has 0 heterocycles. The molecule has 0 unspecified atom stereocenters. The van der Waals surface area contributed by atoms with Crippen LogP contribution in [-0.2, 0) is 11.2 Å². The number of ether oxygens (including phenoxy) is 1. The van der Waals surface area contributed by atoms with E-state index in [0.717, 1.165) is 0 Å². The van der Waals surface area contributed by atoms with E-state index in [0.29, 0.717) is 16.9 Å². The van der Waals surface area contributed by atoms with E-state index in [1.165, 1.54) is 13.2 Å². The number of carbonyl (C=O) groups is 1. The van der Waals surface area contributed by atoms with Gasteiger partial charge in [0, 0.05) is 0 Å². The monoisotopic (exact) mass is 196 g/mol. The smallest absolute Gasteiger partial charge is 0.307 e. The SMILES string of the molecule is COc1c(O)ccc(CC(=O)O)c1C. The molecule has 0 saturated heterocycles. The third-order valence-corrected chi connectivity index (χ3v) is 2.04. The molecule has 0 amide bonds. The summed E-state index contributed by atoms with van der Waals surface area (Å²) < 4.78 is 4.96. The number of benzene rings is 1. The van der Waals surface area contributed by atoms with Crippen LogP contribution < -0.4 is 4.74 Å². The first-order valence-corrected chi connectivity index (χ1v) is 4.13. The zero-order valence-corrected chi connectivity index (χ0v) is 8.07. The van der Waals surface area contributed by atoms with Gasteiger partial charge in [-0.15, -0.1) is 0 Å². The van der Waals surface area contributed by atoms with Crippen molar-refractivity contribution in [3.8, 4) is 11.5 Å². The Labute approximate surface area is 81.8 Å². The molecule has 1 aromatic carbocycles. The second-order valence-corrected chi connectivity index (χ2v) is 2.97. The molecule has 0 saturated carbocycles. The Morgan fingerprint density at radius 1 is 1.50 bits per heavy atom. The second-order valence-electron chi connectivity index (χ2n) is 2.97. The average molecular weight is 196 g/mol. The van der Waals surface area contributed by atoms with Crippen LogP contribution in [0.4, 0.5) is 0 Å². The Bertz CT molecular complexity index is 357. The van der Waals surface area contributed by atoms with Crippen LogP contribution in [0.2, 0.25) is 0 Å². The molecule has 76 valence electrons. The van der Waals surface area contributed by atoms with E-state index in [1.807, 2.05) is 0 Å². The molecule has 0 aliphatic carbocycles. The van der Waals surface area contributed by atoms with E-state index in [4.69, 9.17) is 9.84 Å². The molecule has 0 spiro atoms. The molecule has 14 heavy (non-hydrogen) atoms. The quantitative estimate of drug-likeness (QED) is 0.765. The van der Waals surface area contributed by atoms with E-state index >= 15 is 0 Å². The van der Waals surface area contributed by atoms with Crippen LogP contribution in [0.15, 0.2) is 12.1 Å². The predicted octanol–water partition coefficient (Wildman–Crippen LogP) is 1.34. The summed E-state index contributed by atoms with van der Waals surface area (Å²) in [5.41, 5.74) is 1.31. The Morgan fingerprint density at radius 2 is 2.14 bits per heavy atom. The summed E-state index contributed by atoms with van der Waals surface area (Å²) in [5.74, 6) is -0.538. The van der Waals surface area contributed by atoms with Gasteiger partial charge >= 0.3 is 5.97 Å². The van der Waals surface area contributed by atoms with Gasteiger partial charge in [-0.05, 0) is 24.1 Å². The number of carboxylic acids is 1. The van der Waals surface area contributed by atoms with Gasteiger partial charge in [0.25, 0.3) is 0 Å². The minimum Gasteiger partial charge on any atom is -0.504 e. The Balaban J connectivity index is 3.14. The molecule has 0 fully saturated rings. The van der Waals surface area contributed by atoms with E-state index < -0.39 is 5.97 Å². The molecule has 0 radical (unpaired) electrons. The maximum Gasteiger partial charge on any atom is 0.307 e. The Morgan fingerprint density at radius 3 is 2.64 bits per heavy atom. The van der Waals surface area contributed by atoms with Crippen molar-refractivity contribution in [3.63, 3.8) is 0 Å². The standard InChI is InChI=1S/C10H12O4/c1-6-7(5-9(12)13)3-4-8(11)10(6)14-2/h3-4,11H,5H2,1-2H3,(H,12,13). The molecule has 4 nitrogen and oxygen atoms in total. The molecule has 1 aromatic rings. The summed E-state index contributed by atoms with van der Waals surface area (Å²) >= 11 is 0. The van der Waals surface area contributed by atoms with Crippen LogP contribution in [0, 0.1) is 6.92 Å². The van der Waals surface area contributed by atoms with Gasteiger partial charge in [0.05, 0.1) is 13.5 Å². The van der Waals surface area contributed by atoms with Crippen molar-refractivity contribution in [2.45, 2.75) is 13.3 Å². The minimum absolute atomic E-state index is 0.0270. The highest BCUT2D eigenvalue weighted by Crippen LogP contribution is 2.31. The molecule has 0 bridgehead atoms. The number of hydrogen-bond acceptors (Lipinski definition) is 3. The van der Waals surface area contributed by atoms with Crippen molar-refractivity contribution in [1.29, 1.82) is 0 Å². The van der Waals surface area contributed by atoms with Crippen LogP contribution in [0.25, 0.3) is 0 Å². The average Bonchev–Trinajstić information content (AvgIpc) is 2.10. The molecular formula is C10H12O4. The van der Waals surface area contributed by atoms with Crippen LogP contribution >= 0.6 is 0 Å². The molecule has 1 rings (SSSR count). The fourth-order valence-electron chi connectivity index (χ4n) is 1.33. The highest BCUT2D eigenvalue weighted by molar-refractivity contribution is 5.71. The van der Waals surface area contributed by atoms with Crippen molar-refractivity contribution in [2.75, 3.05) is 7.11 Å². The summed E-state index contributed by atoms with van der Waals surface area (Å²) in [6.07, 6.45) is -0.0670. The Hall–Kier alpha value is -1.71. The lowest BCUT2D eigenvalue weighted by molar-refractivity contribution is -0.136. The number of hydrogen-bond donors (Lipinski definition) is 2. The summed E-state index contributed by atoms with van der Waals surface area (Å²) in [6, 6.07) is 3.02. The first-order chi connectivity index (χ1) is 6.56. The molecule has 2 N–H and O–H groups in total. The number of carboxylic acid groups (broad SMARTS) is 1. The van der Waals surface area contributed by atoms with Crippen LogP contribution in [0.1, 0.15) is 11.1 Å². The second kappa shape index (κ2) is 4.00. The highest BCUT2D eigenvalue weighted by atomic mass is 16.5. The molecule has 0 aliphatic heterocycles. The zero-order chi connectivity index (χ0) is 10.7.